The molecule has 0 radical (unpaired) electrons. The average Bonchev–Trinajstić information content (AvgIpc) is 3.36. The minimum atomic E-state index is -2.03. The third kappa shape index (κ3) is 8.58. The Morgan fingerprint density at radius 2 is 2.03 bits per heavy atom. The first kappa shape index (κ1) is 26.0. The third-order valence-electron chi connectivity index (χ3n) is 5.43. The molecule has 2 amide bonds. The summed E-state index contributed by atoms with van der Waals surface area (Å²) in [4.78, 5) is 42.4. The number of carbonyl (C=O) groups excluding carboxylic acids is 2. The zero-order valence-corrected chi connectivity index (χ0v) is 19.4. The zero-order valence-electron chi connectivity index (χ0n) is 19.4. The summed E-state index contributed by atoms with van der Waals surface area (Å²) in [5.74, 6) is -1.97. The molecule has 35 heavy (non-hydrogen) atoms. The Morgan fingerprint density at radius 1 is 1.20 bits per heavy atom. The van der Waals surface area contributed by atoms with Gasteiger partial charge in [-0.2, -0.15) is 0 Å². The Morgan fingerprint density at radius 3 is 2.71 bits per heavy atom. The Kier molecular flexibility index (Phi) is 9.87. The van der Waals surface area contributed by atoms with Gasteiger partial charge in [-0.05, 0) is 31.1 Å². The van der Waals surface area contributed by atoms with Crippen molar-refractivity contribution in [1.29, 1.82) is 0 Å². The molecule has 2 atom stereocenters. The highest BCUT2D eigenvalue weighted by molar-refractivity contribution is 6.03. The quantitative estimate of drug-likeness (QED) is 0.174. The summed E-state index contributed by atoms with van der Waals surface area (Å²) in [5, 5.41) is 28.3. The van der Waals surface area contributed by atoms with Gasteiger partial charge in [0.05, 0.1) is 12.1 Å². The molecule has 12 nitrogen and oxygen atoms in total. The lowest BCUT2D eigenvalue weighted by molar-refractivity contribution is -0.149. The number of aliphatic carboxylic acids is 1. The predicted octanol–water partition coefficient (Wildman–Crippen LogP) is 0.726. The fraction of sp³-hybridized carbons (Fsp3) is 0.478. The Hall–Kier alpha value is -3.64. The molecule has 0 aliphatic carbocycles. The molecular weight excluding hydrogens is 456 g/mol. The number of hydrogen-bond acceptors (Lipinski definition) is 9. The summed E-state index contributed by atoms with van der Waals surface area (Å²) in [6.45, 7) is 1.67. The Balaban J connectivity index is 1.58. The molecule has 0 aromatic heterocycles. The number of nitrogens with zero attached hydrogens (tertiary/aromatic N) is 1. The van der Waals surface area contributed by atoms with Crippen LogP contribution in [0.15, 0.2) is 47.8 Å². The van der Waals surface area contributed by atoms with E-state index in [2.05, 4.69) is 31.7 Å². The van der Waals surface area contributed by atoms with Crippen LogP contribution in [0, 0.1) is 0 Å². The first-order valence-electron chi connectivity index (χ1n) is 11.6. The van der Waals surface area contributed by atoms with Crippen molar-refractivity contribution < 1.29 is 29.1 Å². The molecule has 0 saturated heterocycles. The summed E-state index contributed by atoms with van der Waals surface area (Å²) < 4.78 is 5.21. The van der Waals surface area contributed by atoms with Gasteiger partial charge in [-0.15, -0.1) is 0 Å². The van der Waals surface area contributed by atoms with Crippen molar-refractivity contribution in [3.63, 3.8) is 0 Å². The second-order valence-electron chi connectivity index (χ2n) is 8.18. The van der Waals surface area contributed by atoms with E-state index in [1.54, 1.807) is 24.3 Å². The predicted molar refractivity (Wildman–Crippen MR) is 127 cm³/mol. The maximum atomic E-state index is 12.6. The molecule has 0 bridgehead atoms. The monoisotopic (exact) mass is 488 g/mol. The van der Waals surface area contributed by atoms with E-state index in [1.807, 2.05) is 18.3 Å². The van der Waals surface area contributed by atoms with Gasteiger partial charge in [0, 0.05) is 19.4 Å². The van der Waals surface area contributed by atoms with Gasteiger partial charge in [0.25, 0.3) is 0 Å². The standard InChI is InChI=1S/C23H32N6O6/c30-19(15-18-9-14-35-29-18)27-23(20(31)32,10-4-5-11-24-21-25-12-6-13-26-21)28-22(33)34-16-17-7-2-1-3-8-17/h1-3,6-8,12,21,24-26H,4-5,9-11,13-16H2,(H,27,30)(H,28,33)(H,31,32). The zero-order chi connectivity index (χ0) is 24.9. The van der Waals surface area contributed by atoms with Crippen molar-refractivity contribution in [1.82, 2.24) is 26.6 Å². The van der Waals surface area contributed by atoms with Crippen LogP contribution in [0.1, 0.15) is 37.7 Å². The van der Waals surface area contributed by atoms with Crippen molar-refractivity contribution in [2.24, 2.45) is 5.16 Å². The minimum absolute atomic E-state index is 0.0371. The number of benzene rings is 1. The van der Waals surface area contributed by atoms with Gasteiger partial charge in [0.2, 0.25) is 11.6 Å². The second-order valence-corrected chi connectivity index (χ2v) is 8.18. The highest BCUT2D eigenvalue weighted by Crippen LogP contribution is 2.15. The molecule has 1 aromatic carbocycles. The van der Waals surface area contributed by atoms with Gasteiger partial charge in [-0.25, -0.2) is 9.59 Å². The molecule has 0 spiro atoms. The number of nitrogens with one attached hydrogen (secondary N) is 5. The van der Waals surface area contributed by atoms with E-state index in [0.717, 1.165) is 12.1 Å². The molecule has 3 rings (SSSR count). The molecular formula is C23H32N6O6. The fourth-order valence-corrected chi connectivity index (χ4v) is 3.60. The lowest BCUT2D eigenvalue weighted by Gasteiger charge is -2.31. The summed E-state index contributed by atoms with van der Waals surface area (Å²) in [5.41, 5.74) is -0.772. The van der Waals surface area contributed by atoms with Gasteiger partial charge in [0.1, 0.15) is 19.5 Å². The second kappa shape index (κ2) is 13.3. The molecule has 0 saturated carbocycles. The summed E-state index contributed by atoms with van der Waals surface area (Å²) in [6, 6.07) is 9.00. The van der Waals surface area contributed by atoms with E-state index in [4.69, 9.17) is 9.57 Å². The topological polar surface area (TPSA) is 162 Å². The van der Waals surface area contributed by atoms with Gasteiger partial charge < -0.3 is 25.3 Å². The van der Waals surface area contributed by atoms with E-state index < -0.39 is 23.6 Å². The van der Waals surface area contributed by atoms with Crippen molar-refractivity contribution in [2.45, 2.75) is 50.7 Å². The van der Waals surface area contributed by atoms with Crippen LogP contribution in [-0.4, -0.2) is 60.4 Å². The molecule has 0 fully saturated rings. The van der Waals surface area contributed by atoms with Crippen LogP contribution < -0.4 is 26.6 Å². The highest BCUT2D eigenvalue weighted by Gasteiger charge is 2.42. The van der Waals surface area contributed by atoms with Gasteiger partial charge in [-0.1, -0.05) is 41.6 Å². The number of amides is 2. The van der Waals surface area contributed by atoms with Crippen molar-refractivity contribution in [3.05, 3.63) is 48.2 Å². The molecule has 190 valence electrons. The number of alkyl carbamates (subject to hydrolysis) is 1. The molecule has 12 heteroatoms. The number of unbranched alkanes of at least 4 members (excludes halogenated alkanes) is 1. The number of carbonyl (C=O) groups is 3. The molecule has 2 unspecified atom stereocenters. The van der Waals surface area contributed by atoms with Crippen LogP contribution in [0.3, 0.4) is 0 Å². The van der Waals surface area contributed by atoms with E-state index >= 15 is 0 Å². The highest BCUT2D eigenvalue weighted by atomic mass is 16.6. The smallest absolute Gasteiger partial charge is 0.409 e. The third-order valence-corrected chi connectivity index (χ3v) is 5.43. The number of hydrogen-bond donors (Lipinski definition) is 6. The molecule has 2 aliphatic heterocycles. The van der Waals surface area contributed by atoms with Crippen LogP contribution in [0.5, 0.6) is 0 Å². The largest absolute Gasteiger partial charge is 0.478 e. The number of oxime groups is 1. The summed E-state index contributed by atoms with van der Waals surface area (Å²) in [7, 11) is 0. The minimum Gasteiger partial charge on any atom is -0.478 e. The van der Waals surface area contributed by atoms with E-state index in [-0.39, 0.29) is 25.7 Å². The summed E-state index contributed by atoms with van der Waals surface area (Å²) >= 11 is 0. The average molecular weight is 489 g/mol. The SMILES string of the molecule is O=C(CC1=NOCC1)NC(CCCCNC1NC=CCN1)(NC(=O)OCc1ccccc1)C(=O)O. The van der Waals surface area contributed by atoms with Crippen LogP contribution in [-0.2, 0) is 25.8 Å². The van der Waals surface area contributed by atoms with Crippen LogP contribution in [0.4, 0.5) is 4.79 Å². The fourth-order valence-electron chi connectivity index (χ4n) is 3.60. The first-order chi connectivity index (χ1) is 17.0. The van der Waals surface area contributed by atoms with Crippen LogP contribution in [0.25, 0.3) is 0 Å². The number of carboxylic acid groups (broad SMARTS) is 1. The number of ether oxygens (including phenoxy) is 1. The molecule has 6 N–H and O–H groups in total. The molecule has 1 aromatic rings. The number of carboxylic acids is 1. The Bertz CT molecular complexity index is 924. The Labute approximate surface area is 203 Å². The maximum absolute atomic E-state index is 12.6. The van der Waals surface area contributed by atoms with Crippen molar-refractivity contribution in [2.75, 3.05) is 19.7 Å². The lowest BCUT2D eigenvalue weighted by Crippen LogP contribution is -2.65. The van der Waals surface area contributed by atoms with E-state index in [9.17, 15) is 19.5 Å². The van der Waals surface area contributed by atoms with E-state index in [1.165, 1.54) is 0 Å². The summed E-state index contributed by atoms with van der Waals surface area (Å²) in [6.07, 6.45) is 4.13. The first-order valence-corrected chi connectivity index (χ1v) is 11.6. The van der Waals surface area contributed by atoms with Crippen LogP contribution in [0.2, 0.25) is 0 Å². The van der Waals surface area contributed by atoms with Crippen molar-refractivity contribution in [3.8, 4) is 0 Å². The lowest BCUT2D eigenvalue weighted by atomic mass is 10.0. The van der Waals surface area contributed by atoms with Gasteiger partial charge in [0.15, 0.2) is 0 Å². The molecule has 2 aliphatic rings. The normalized spacial score (nSPS) is 18.4. The van der Waals surface area contributed by atoms with Gasteiger partial charge >= 0.3 is 12.1 Å². The molecule has 2 heterocycles. The maximum Gasteiger partial charge on any atom is 0.409 e. The van der Waals surface area contributed by atoms with Crippen molar-refractivity contribution >= 4 is 23.7 Å². The van der Waals surface area contributed by atoms with E-state index in [0.29, 0.717) is 38.1 Å². The number of rotatable bonds is 13. The van der Waals surface area contributed by atoms with Gasteiger partial charge in [-0.3, -0.25) is 20.7 Å². The van der Waals surface area contributed by atoms with Crippen LogP contribution >= 0.6 is 0 Å².